The van der Waals surface area contributed by atoms with Crippen molar-refractivity contribution < 1.29 is 10.2 Å². The summed E-state index contributed by atoms with van der Waals surface area (Å²) in [5.41, 5.74) is 14.8. The fourth-order valence-electron chi connectivity index (χ4n) is 3.34. The molecule has 27 heavy (non-hydrogen) atoms. The van der Waals surface area contributed by atoms with Gasteiger partial charge in [-0.2, -0.15) is 0 Å². The Balaban J connectivity index is 0.000000194. The Morgan fingerprint density at radius 1 is 1.04 bits per heavy atom. The molecule has 0 amide bonds. The Kier molecular flexibility index (Phi) is 7.95. The predicted molar refractivity (Wildman–Crippen MR) is 112 cm³/mol. The smallest absolute Gasteiger partial charge is 0.123 e. The van der Waals surface area contributed by atoms with Gasteiger partial charge in [0.05, 0.1) is 0 Å². The molecule has 0 radical (unpaired) electrons. The number of benzene rings is 2. The van der Waals surface area contributed by atoms with E-state index in [0.29, 0.717) is 5.56 Å². The summed E-state index contributed by atoms with van der Waals surface area (Å²) >= 11 is 0. The van der Waals surface area contributed by atoms with Crippen molar-refractivity contribution in [3.8, 4) is 11.5 Å². The molecule has 1 aliphatic heterocycles. The minimum atomic E-state index is 0.0596. The fourth-order valence-corrected chi connectivity index (χ4v) is 3.34. The van der Waals surface area contributed by atoms with Gasteiger partial charge >= 0.3 is 0 Å². The molecular weight excluding hydrogens is 338 g/mol. The summed E-state index contributed by atoms with van der Waals surface area (Å²) in [6.45, 7) is 6.60. The molecule has 5 nitrogen and oxygen atoms in total. The number of hydrogen-bond donors (Lipinski definition) is 5. The molecule has 1 fully saturated rings. The first kappa shape index (κ1) is 21.1. The van der Waals surface area contributed by atoms with Gasteiger partial charge in [0.15, 0.2) is 0 Å². The quantitative estimate of drug-likeness (QED) is 0.529. The number of phenolic OH excluding ortho intramolecular Hbond substituents is 2. The van der Waals surface area contributed by atoms with Crippen LogP contribution in [0.25, 0.3) is 0 Å². The summed E-state index contributed by atoms with van der Waals surface area (Å²) < 4.78 is 0. The van der Waals surface area contributed by atoms with Crippen LogP contribution in [0.4, 0.5) is 5.69 Å². The molecule has 0 atom stereocenters. The number of aromatic hydroxyl groups is 2. The van der Waals surface area contributed by atoms with E-state index < -0.39 is 0 Å². The minimum Gasteiger partial charge on any atom is -0.508 e. The number of phenols is 2. The Hall–Kier alpha value is -2.24. The first-order valence-electron chi connectivity index (χ1n) is 9.70. The average Bonchev–Trinajstić information content (AvgIpc) is 2.65. The Bertz CT molecular complexity index is 708. The summed E-state index contributed by atoms with van der Waals surface area (Å²) in [4.78, 5) is 0. The number of nitrogen functional groups attached to an aromatic ring is 1. The van der Waals surface area contributed by atoms with E-state index in [4.69, 9.17) is 11.5 Å². The minimum absolute atomic E-state index is 0.0596. The second-order valence-corrected chi connectivity index (χ2v) is 7.54. The molecule has 2 aromatic carbocycles. The van der Waals surface area contributed by atoms with Crippen LogP contribution in [-0.4, -0.2) is 23.3 Å². The Labute approximate surface area is 162 Å². The van der Waals surface area contributed by atoms with Crippen LogP contribution in [0, 0.1) is 5.92 Å². The highest BCUT2D eigenvalue weighted by Gasteiger charge is 2.13. The topological polar surface area (TPSA) is 105 Å². The molecule has 0 unspecified atom stereocenters. The van der Waals surface area contributed by atoms with Crippen LogP contribution >= 0.6 is 0 Å². The molecule has 0 saturated carbocycles. The maximum Gasteiger partial charge on any atom is 0.123 e. The third kappa shape index (κ3) is 6.45. The molecule has 1 saturated heterocycles. The highest BCUT2D eigenvalue weighted by atomic mass is 16.3. The lowest BCUT2D eigenvalue weighted by atomic mass is 9.91. The number of rotatable bonds is 4. The number of hydrogen-bond acceptors (Lipinski definition) is 5. The molecule has 3 rings (SSSR count). The lowest BCUT2D eigenvalue weighted by molar-refractivity contribution is 0.372. The van der Waals surface area contributed by atoms with Gasteiger partial charge in [-0.15, -0.1) is 0 Å². The van der Waals surface area contributed by atoms with Gasteiger partial charge in [0.2, 0.25) is 0 Å². The van der Waals surface area contributed by atoms with Crippen LogP contribution in [0.15, 0.2) is 36.4 Å². The van der Waals surface area contributed by atoms with Crippen LogP contribution in [0.3, 0.4) is 0 Å². The summed E-state index contributed by atoms with van der Waals surface area (Å²) in [7, 11) is 0. The van der Waals surface area contributed by atoms with Gasteiger partial charge in [0, 0.05) is 23.9 Å². The lowest BCUT2D eigenvalue weighted by Crippen LogP contribution is -2.28. The van der Waals surface area contributed by atoms with E-state index in [1.165, 1.54) is 44.0 Å². The molecular formula is C22H33N3O2. The number of nitrogens with one attached hydrogen (secondary N) is 1. The van der Waals surface area contributed by atoms with Gasteiger partial charge in [-0.25, -0.2) is 0 Å². The SMILES string of the molecule is CC(C)c1cc(CN)c(O)cc1O.Nc1ccc(CC2CCNCC2)cc1. The lowest BCUT2D eigenvalue weighted by Gasteiger charge is -2.22. The van der Waals surface area contributed by atoms with Crippen molar-refractivity contribution in [3.05, 3.63) is 53.1 Å². The number of anilines is 1. The zero-order chi connectivity index (χ0) is 19.8. The first-order valence-corrected chi connectivity index (χ1v) is 9.70. The summed E-state index contributed by atoms with van der Waals surface area (Å²) in [5, 5.41) is 22.2. The van der Waals surface area contributed by atoms with Crippen LogP contribution in [0.5, 0.6) is 11.5 Å². The molecule has 148 valence electrons. The number of piperidine rings is 1. The molecule has 0 aliphatic carbocycles. The van der Waals surface area contributed by atoms with E-state index in [2.05, 4.69) is 17.4 Å². The van der Waals surface area contributed by atoms with Crippen molar-refractivity contribution in [2.24, 2.45) is 11.7 Å². The molecule has 0 spiro atoms. The molecule has 2 aromatic rings. The molecule has 0 aromatic heterocycles. The highest BCUT2D eigenvalue weighted by molar-refractivity contribution is 5.46. The largest absolute Gasteiger partial charge is 0.508 e. The van der Waals surface area contributed by atoms with E-state index in [0.717, 1.165) is 17.2 Å². The Morgan fingerprint density at radius 3 is 2.22 bits per heavy atom. The van der Waals surface area contributed by atoms with E-state index in [1.807, 2.05) is 26.0 Å². The summed E-state index contributed by atoms with van der Waals surface area (Å²) in [6.07, 6.45) is 3.83. The van der Waals surface area contributed by atoms with Crippen molar-refractivity contribution in [1.82, 2.24) is 5.32 Å². The summed E-state index contributed by atoms with van der Waals surface area (Å²) in [6, 6.07) is 11.4. The zero-order valence-corrected chi connectivity index (χ0v) is 16.4. The van der Waals surface area contributed by atoms with Crippen LogP contribution in [-0.2, 0) is 13.0 Å². The third-order valence-corrected chi connectivity index (χ3v) is 5.03. The maximum absolute atomic E-state index is 9.48. The normalized spacial score (nSPS) is 14.7. The van der Waals surface area contributed by atoms with Gasteiger partial charge in [-0.1, -0.05) is 26.0 Å². The average molecular weight is 372 g/mol. The highest BCUT2D eigenvalue weighted by Crippen LogP contribution is 2.31. The van der Waals surface area contributed by atoms with Crippen LogP contribution in [0.1, 0.15) is 49.3 Å². The van der Waals surface area contributed by atoms with Gasteiger partial charge < -0.3 is 27.0 Å². The Morgan fingerprint density at radius 2 is 1.67 bits per heavy atom. The van der Waals surface area contributed by atoms with Gasteiger partial charge in [0.1, 0.15) is 11.5 Å². The van der Waals surface area contributed by atoms with Crippen molar-refractivity contribution in [2.75, 3.05) is 18.8 Å². The zero-order valence-electron chi connectivity index (χ0n) is 16.4. The molecule has 1 heterocycles. The van der Waals surface area contributed by atoms with Crippen molar-refractivity contribution >= 4 is 5.69 Å². The van der Waals surface area contributed by atoms with Crippen LogP contribution in [0.2, 0.25) is 0 Å². The molecule has 7 N–H and O–H groups in total. The molecule has 0 bridgehead atoms. The first-order chi connectivity index (χ1) is 12.9. The monoisotopic (exact) mass is 371 g/mol. The van der Waals surface area contributed by atoms with E-state index in [-0.39, 0.29) is 24.0 Å². The van der Waals surface area contributed by atoms with Gasteiger partial charge in [-0.3, -0.25) is 0 Å². The number of nitrogens with two attached hydrogens (primary N) is 2. The van der Waals surface area contributed by atoms with E-state index >= 15 is 0 Å². The van der Waals surface area contributed by atoms with Gasteiger partial charge in [-0.05, 0) is 73.5 Å². The van der Waals surface area contributed by atoms with Crippen molar-refractivity contribution in [3.63, 3.8) is 0 Å². The van der Waals surface area contributed by atoms with Crippen LogP contribution < -0.4 is 16.8 Å². The van der Waals surface area contributed by atoms with E-state index in [1.54, 1.807) is 6.07 Å². The second-order valence-electron chi connectivity index (χ2n) is 7.54. The predicted octanol–water partition coefficient (Wildman–Crippen LogP) is 3.49. The third-order valence-electron chi connectivity index (χ3n) is 5.03. The molecule has 5 heteroatoms. The standard InChI is InChI=1S/C12H18N2.C10H15NO2/c13-12-3-1-10(2-4-12)9-11-5-7-14-8-6-11;1-6(2)8-3-7(5-11)9(12)4-10(8)13/h1-4,11,14H,5-9,13H2;3-4,6,12-13H,5,11H2,1-2H3. The maximum atomic E-state index is 9.48. The molecule has 1 aliphatic rings. The fraction of sp³-hybridized carbons (Fsp3) is 0.455. The van der Waals surface area contributed by atoms with Crippen molar-refractivity contribution in [1.29, 1.82) is 0 Å². The van der Waals surface area contributed by atoms with Crippen molar-refractivity contribution in [2.45, 2.75) is 45.6 Å². The van der Waals surface area contributed by atoms with Gasteiger partial charge in [0.25, 0.3) is 0 Å². The van der Waals surface area contributed by atoms with E-state index in [9.17, 15) is 10.2 Å². The second kappa shape index (κ2) is 10.2. The summed E-state index contributed by atoms with van der Waals surface area (Å²) in [5.74, 6) is 1.28.